The van der Waals surface area contributed by atoms with E-state index in [4.69, 9.17) is 71.1 Å². The van der Waals surface area contributed by atoms with Crippen molar-refractivity contribution in [3.63, 3.8) is 0 Å². The van der Waals surface area contributed by atoms with Crippen LogP contribution < -0.4 is 0 Å². The fraction of sp³-hybridized carbons (Fsp3) is 0.903. The minimum absolute atomic E-state index is 0.0852. The first-order valence-corrected chi connectivity index (χ1v) is 31.0. The van der Waals surface area contributed by atoms with Gasteiger partial charge in [-0.25, -0.2) is 4.79 Å². The highest BCUT2D eigenvalue weighted by molar-refractivity contribution is 5.83. The molecule has 0 bridgehead atoms. The van der Waals surface area contributed by atoms with Crippen molar-refractivity contribution in [3.8, 4) is 0 Å². The molecular formula is C62H100O23. The maximum atomic E-state index is 13.6. The van der Waals surface area contributed by atoms with Gasteiger partial charge in [-0.3, -0.25) is 4.79 Å². The molecule has 5 aliphatic heterocycles. The van der Waals surface area contributed by atoms with E-state index in [9.17, 15) is 40.2 Å². The van der Waals surface area contributed by atoms with E-state index in [0.29, 0.717) is 51.4 Å². The average Bonchev–Trinajstić information content (AvgIpc) is 1.65. The standard InChI is InChI=1S/C62H100O23/c1-29(2)30(3)21-46(65)81-45-27-44-59(9)18-16-37(22-36(59)15-19-61(44,69)62(70)20-17-38(31(4)64)60(45,62)10)79-47-23-39(71-11)54(32(5)75-47)82-48-24-40(72-12)55(33(6)76-48)83-49-25-41(73-13)56(34(7)77-49)84-50-26-42(74-14)57(35(8)78-50)85-58-53(68)52(67)51(66)43(28-63)80-58/h15,21,29,32-35,37-45,47-58,63,66-70H,16-20,22-28H2,1-14H3/b30-21+/t32-,33-,34-,35-,37+,38+,39+,40+,41-,42-,43-,44-,45-,47+,48+,49+,50+,51-,52+,53-,54-,55-,56-,57-,58+,59+,60+,61+,62-/m1/s1. The number of hydrogen-bond donors (Lipinski definition) is 6. The van der Waals surface area contributed by atoms with Crippen LogP contribution in [0.25, 0.3) is 0 Å². The summed E-state index contributed by atoms with van der Waals surface area (Å²) in [5.41, 5.74) is -2.98. The van der Waals surface area contributed by atoms with Crippen LogP contribution in [0.15, 0.2) is 23.3 Å². The zero-order valence-corrected chi connectivity index (χ0v) is 52.3. The van der Waals surface area contributed by atoms with Crippen LogP contribution in [0.2, 0.25) is 0 Å². The number of hydrogen-bond acceptors (Lipinski definition) is 23. The van der Waals surface area contributed by atoms with Crippen LogP contribution in [0.5, 0.6) is 0 Å². The summed E-state index contributed by atoms with van der Waals surface area (Å²) in [5, 5.41) is 66.9. The predicted molar refractivity (Wildman–Crippen MR) is 300 cm³/mol. The molecule has 8 fully saturated rings. The number of aliphatic hydroxyl groups is 6. The van der Waals surface area contributed by atoms with Crippen molar-refractivity contribution in [2.45, 2.75) is 292 Å². The molecule has 9 aliphatic rings. The van der Waals surface area contributed by atoms with E-state index in [-0.39, 0.29) is 37.1 Å². The van der Waals surface area contributed by atoms with Gasteiger partial charge in [0.15, 0.2) is 31.5 Å². The van der Waals surface area contributed by atoms with Gasteiger partial charge in [-0.2, -0.15) is 0 Å². The number of ether oxygens (including phenoxy) is 15. The molecule has 0 aromatic rings. The molecule has 0 aromatic heterocycles. The molecule has 0 spiro atoms. The lowest BCUT2D eigenvalue weighted by Gasteiger charge is -2.66. The van der Waals surface area contributed by atoms with Gasteiger partial charge in [-0.15, -0.1) is 0 Å². The Balaban J connectivity index is 0.773. The smallest absolute Gasteiger partial charge is 0.330 e. The highest BCUT2D eigenvalue weighted by Gasteiger charge is 2.77. The summed E-state index contributed by atoms with van der Waals surface area (Å²) in [6, 6.07) is 0. The van der Waals surface area contributed by atoms with Gasteiger partial charge in [-0.1, -0.05) is 44.9 Å². The molecule has 0 amide bonds. The molecule has 85 heavy (non-hydrogen) atoms. The summed E-state index contributed by atoms with van der Waals surface area (Å²) in [6.07, 6.45) is -9.60. The van der Waals surface area contributed by atoms with Gasteiger partial charge in [0.1, 0.15) is 71.9 Å². The van der Waals surface area contributed by atoms with Crippen molar-refractivity contribution in [2.75, 3.05) is 35.0 Å². The Labute approximate surface area is 500 Å². The Morgan fingerprint density at radius 3 is 1.56 bits per heavy atom. The number of carbonyl (C=O) groups is 2. The second-order valence-corrected chi connectivity index (χ2v) is 26.6. The second kappa shape index (κ2) is 27.0. The first kappa shape index (κ1) is 67.2. The molecule has 5 saturated heterocycles. The normalized spacial score (nSPS) is 49.5. The number of fused-ring (bicyclic) bond motifs is 5. The second-order valence-electron chi connectivity index (χ2n) is 26.6. The van der Waals surface area contributed by atoms with Gasteiger partial charge < -0.3 is 102 Å². The number of methoxy groups -OCH3 is 4. The molecule has 0 radical (unpaired) electrons. The maximum absolute atomic E-state index is 13.6. The molecule has 5 heterocycles. The van der Waals surface area contributed by atoms with Gasteiger partial charge >= 0.3 is 5.97 Å². The zero-order chi connectivity index (χ0) is 61.8. The molecule has 0 aromatic carbocycles. The lowest BCUT2D eigenvalue weighted by atomic mass is 9.43. The largest absolute Gasteiger partial charge is 0.458 e. The van der Waals surface area contributed by atoms with Crippen molar-refractivity contribution >= 4 is 11.8 Å². The summed E-state index contributed by atoms with van der Waals surface area (Å²) < 4.78 is 94.5. The lowest BCUT2D eigenvalue weighted by Crippen LogP contribution is -2.75. The molecule has 486 valence electrons. The topological polar surface area (TPSA) is 294 Å². The van der Waals surface area contributed by atoms with Crippen LogP contribution in [0, 0.1) is 28.6 Å². The minimum Gasteiger partial charge on any atom is -0.458 e. The first-order chi connectivity index (χ1) is 40.2. The molecule has 23 heteroatoms. The highest BCUT2D eigenvalue weighted by Crippen LogP contribution is 2.70. The van der Waals surface area contributed by atoms with Crippen LogP contribution in [0.1, 0.15) is 140 Å². The predicted octanol–water partition coefficient (Wildman–Crippen LogP) is 3.83. The molecule has 9 rings (SSSR count). The van der Waals surface area contributed by atoms with Crippen molar-refractivity contribution in [3.05, 3.63) is 23.3 Å². The fourth-order valence-electron chi connectivity index (χ4n) is 16.2. The Morgan fingerprint density at radius 1 is 0.647 bits per heavy atom. The quantitative estimate of drug-likeness (QED) is 0.0608. The van der Waals surface area contributed by atoms with Gasteiger partial charge in [0.2, 0.25) is 0 Å². The summed E-state index contributed by atoms with van der Waals surface area (Å²) >= 11 is 0. The van der Waals surface area contributed by atoms with Crippen LogP contribution in [0.4, 0.5) is 0 Å². The number of carbonyl (C=O) groups excluding carboxylic acids is 2. The van der Waals surface area contributed by atoms with Gasteiger partial charge in [-0.05, 0) is 97.8 Å². The Morgan fingerprint density at radius 2 is 1.12 bits per heavy atom. The van der Waals surface area contributed by atoms with Crippen molar-refractivity contribution in [1.82, 2.24) is 0 Å². The molecule has 4 aliphatic carbocycles. The number of Topliss-reactive ketones (excluding diaryl/α,β-unsaturated/α-hetero) is 1. The molecule has 29 atom stereocenters. The number of allylic oxidation sites excluding steroid dienone is 1. The third-order valence-corrected chi connectivity index (χ3v) is 21.5. The van der Waals surface area contributed by atoms with Gasteiger partial charge in [0, 0.05) is 77.4 Å². The van der Waals surface area contributed by atoms with Crippen LogP contribution in [-0.2, 0) is 80.6 Å². The number of rotatable bonds is 19. The monoisotopic (exact) mass is 1210 g/mol. The van der Waals surface area contributed by atoms with Crippen molar-refractivity contribution < 1.29 is 111 Å². The zero-order valence-electron chi connectivity index (χ0n) is 52.3. The van der Waals surface area contributed by atoms with E-state index in [1.54, 1.807) is 28.3 Å². The van der Waals surface area contributed by atoms with E-state index in [1.165, 1.54) is 20.1 Å². The molecule has 6 N–H and O–H groups in total. The molecule has 3 saturated carbocycles. The van der Waals surface area contributed by atoms with Crippen molar-refractivity contribution in [1.29, 1.82) is 0 Å². The van der Waals surface area contributed by atoms with E-state index >= 15 is 0 Å². The Bertz CT molecular complexity index is 2340. The van der Waals surface area contributed by atoms with Crippen LogP contribution in [0.3, 0.4) is 0 Å². The van der Waals surface area contributed by atoms with E-state index in [2.05, 4.69) is 13.0 Å². The Hall–Kier alpha value is -2.18. The minimum atomic E-state index is -1.68. The summed E-state index contributed by atoms with van der Waals surface area (Å²) in [4.78, 5) is 26.9. The summed E-state index contributed by atoms with van der Waals surface area (Å²) in [6.45, 7) is 18.3. The fourth-order valence-corrected chi connectivity index (χ4v) is 16.2. The average molecular weight is 1210 g/mol. The summed E-state index contributed by atoms with van der Waals surface area (Å²) in [5.74, 6) is -1.49. The van der Waals surface area contributed by atoms with Crippen LogP contribution >= 0.6 is 0 Å². The number of aliphatic hydroxyl groups excluding tert-OH is 4. The third-order valence-electron chi connectivity index (χ3n) is 21.5. The van der Waals surface area contributed by atoms with E-state index in [1.807, 2.05) is 48.5 Å². The summed E-state index contributed by atoms with van der Waals surface area (Å²) in [7, 11) is 6.38. The maximum Gasteiger partial charge on any atom is 0.330 e. The first-order valence-electron chi connectivity index (χ1n) is 31.0. The van der Waals surface area contributed by atoms with E-state index in [0.717, 1.165) is 11.1 Å². The lowest BCUT2D eigenvalue weighted by molar-refractivity contribution is -0.358. The molecule has 23 nitrogen and oxygen atoms in total. The number of esters is 1. The van der Waals surface area contributed by atoms with Crippen molar-refractivity contribution in [2.24, 2.45) is 28.6 Å². The van der Waals surface area contributed by atoms with Gasteiger partial charge in [0.25, 0.3) is 0 Å². The third kappa shape index (κ3) is 12.8. The van der Waals surface area contributed by atoms with E-state index < -0.39 is 182 Å². The van der Waals surface area contributed by atoms with Crippen LogP contribution in [-0.4, -0.2) is 230 Å². The number of ketones is 1. The van der Waals surface area contributed by atoms with Gasteiger partial charge in [0.05, 0.1) is 61.5 Å². The highest BCUT2D eigenvalue weighted by atomic mass is 16.8. The SMILES string of the molecule is CO[C@H]1C[C@H](O[C@H]2CC[C@@]3(C)C(=CC[C@]4(O)[C@@H]3C[C@@H](OC(=O)/C=C(\C)C(C)C)[C@]3(C)[C@H](C(C)=O)CC[C@@]34O)C2)O[C@H](C)[C@H]1O[C@H]1C[C@H](OC)[C@H](O[C@H]2C[C@@H](OC)[C@H](O[C@H]3C[C@@H](OC)[C@H](O[C@@H]4O[C@H](CO)[C@@H](O)[C@H](O)[C@H]4O)[C@@H](C)O3)[C@@H](C)O2)[C@@H](C)O1. The molecular weight excluding hydrogens is 1110 g/mol. The molecule has 0 unspecified atom stereocenters. The Kier molecular flexibility index (Phi) is 21.3.